The van der Waals surface area contributed by atoms with E-state index >= 15 is 0 Å². The Balaban J connectivity index is 2.89. The second-order valence-electron chi connectivity index (χ2n) is 2.82. The molecule has 0 saturated carbocycles. The van der Waals surface area contributed by atoms with E-state index in [9.17, 15) is 4.79 Å². The molecule has 1 unspecified atom stereocenters. The van der Waals surface area contributed by atoms with Gasteiger partial charge in [-0.1, -0.05) is 18.3 Å². The van der Waals surface area contributed by atoms with Gasteiger partial charge in [0.25, 0.3) is 0 Å². The summed E-state index contributed by atoms with van der Waals surface area (Å²) in [5.74, 6) is -0.174. The Bertz CT molecular complexity index is 339. The monoisotopic (exact) mass is 209 g/mol. The fourth-order valence-electron chi connectivity index (χ4n) is 1.07. The van der Waals surface area contributed by atoms with Gasteiger partial charge in [0.2, 0.25) is 5.91 Å². The summed E-state index contributed by atoms with van der Waals surface area (Å²) in [4.78, 5) is 15.0. The summed E-state index contributed by atoms with van der Waals surface area (Å²) in [5, 5.41) is 2.65. The first kappa shape index (κ1) is 10.6. The normalized spacial score (nSPS) is 11.8. The van der Waals surface area contributed by atoms with Gasteiger partial charge in [0.15, 0.2) is 0 Å². The number of hydrogen-bond donors (Lipinski definition) is 2. The van der Waals surface area contributed by atoms with Crippen LogP contribution in [-0.4, -0.2) is 15.9 Å². The van der Waals surface area contributed by atoms with Crippen molar-refractivity contribution in [2.45, 2.75) is 13.0 Å². The summed E-state index contributed by atoms with van der Waals surface area (Å²) < 4.78 is 0. The zero-order valence-electron chi connectivity index (χ0n) is 7.73. The van der Waals surface area contributed by atoms with Crippen LogP contribution in [0.15, 0.2) is 24.5 Å². The molecule has 1 atom stereocenters. The van der Waals surface area contributed by atoms with Gasteiger partial charge in [-0.3, -0.25) is 9.78 Å². The maximum absolute atomic E-state index is 10.9. The lowest BCUT2D eigenvalue weighted by Crippen LogP contribution is -2.35. The molecule has 3 N–H and O–H groups in total. The maximum Gasteiger partial charge on any atom is 0.217 e. The lowest BCUT2D eigenvalue weighted by atomic mass is 10.1. The highest BCUT2D eigenvalue weighted by Gasteiger charge is 2.14. The van der Waals surface area contributed by atoms with Gasteiger partial charge in [0.1, 0.15) is 11.0 Å². The average Bonchev–Trinajstić information content (AvgIpc) is 2.15. The minimum atomic E-state index is -0.434. The van der Waals surface area contributed by atoms with E-state index in [2.05, 4.69) is 10.3 Å². The predicted octanol–water partition coefficient (Wildman–Crippen LogP) is 0.545. The molecule has 0 aliphatic rings. The molecule has 1 rings (SSSR count). The van der Waals surface area contributed by atoms with E-state index in [0.29, 0.717) is 0 Å². The molecule has 0 aliphatic carbocycles. The van der Waals surface area contributed by atoms with Crippen LogP contribution < -0.4 is 11.1 Å². The highest BCUT2D eigenvalue weighted by Crippen LogP contribution is 2.10. The average molecular weight is 209 g/mol. The molecule has 0 bridgehead atoms. The number of nitrogens with zero attached hydrogens (tertiary/aromatic N) is 1. The number of aromatic nitrogens is 1. The summed E-state index contributed by atoms with van der Waals surface area (Å²) >= 11 is 4.85. The fraction of sp³-hybridized carbons (Fsp3) is 0.222. The standard InChI is InChI=1S/C9H11N3OS/c1-6(13)12-8(9(10)14)7-3-2-4-11-5-7/h2-5,8H,1H3,(H2,10,14)(H,12,13). The highest BCUT2D eigenvalue weighted by atomic mass is 32.1. The van der Waals surface area contributed by atoms with Crippen molar-refractivity contribution < 1.29 is 4.79 Å². The largest absolute Gasteiger partial charge is 0.391 e. The maximum atomic E-state index is 10.9. The molecule has 1 aromatic rings. The van der Waals surface area contributed by atoms with Gasteiger partial charge >= 0.3 is 0 Å². The number of nitrogens with one attached hydrogen (secondary N) is 1. The summed E-state index contributed by atoms with van der Waals surface area (Å²) in [6.45, 7) is 1.42. The second-order valence-corrected chi connectivity index (χ2v) is 3.29. The topological polar surface area (TPSA) is 68.0 Å². The molecule has 0 aromatic carbocycles. The molecule has 1 heterocycles. The van der Waals surface area contributed by atoms with Crippen molar-refractivity contribution in [3.63, 3.8) is 0 Å². The predicted molar refractivity (Wildman–Crippen MR) is 57.6 cm³/mol. The molecule has 1 aromatic heterocycles. The number of hydrogen-bond acceptors (Lipinski definition) is 3. The van der Waals surface area contributed by atoms with Crippen LogP contribution in [0, 0.1) is 0 Å². The molecule has 74 valence electrons. The number of nitrogens with two attached hydrogens (primary N) is 1. The molecule has 0 saturated heterocycles. The van der Waals surface area contributed by atoms with Gasteiger partial charge in [0, 0.05) is 19.3 Å². The third-order valence-electron chi connectivity index (χ3n) is 1.65. The van der Waals surface area contributed by atoms with E-state index in [1.807, 2.05) is 6.07 Å². The lowest BCUT2D eigenvalue weighted by Gasteiger charge is -2.15. The molecule has 0 aliphatic heterocycles. The minimum absolute atomic E-state index is 0.174. The van der Waals surface area contributed by atoms with Crippen molar-refractivity contribution in [3.8, 4) is 0 Å². The zero-order valence-corrected chi connectivity index (χ0v) is 8.54. The van der Waals surface area contributed by atoms with E-state index in [0.717, 1.165) is 5.56 Å². The summed E-state index contributed by atoms with van der Waals surface area (Å²) in [5.41, 5.74) is 6.29. The molecular weight excluding hydrogens is 198 g/mol. The molecule has 0 fully saturated rings. The summed E-state index contributed by atoms with van der Waals surface area (Å²) in [6.07, 6.45) is 3.27. The highest BCUT2D eigenvalue weighted by molar-refractivity contribution is 7.80. The number of pyridine rings is 1. The SMILES string of the molecule is CC(=O)NC(C(N)=S)c1cccnc1. The smallest absolute Gasteiger partial charge is 0.217 e. The number of amides is 1. The van der Waals surface area contributed by atoms with Crippen LogP contribution in [0.5, 0.6) is 0 Å². The van der Waals surface area contributed by atoms with Crippen molar-refractivity contribution in [3.05, 3.63) is 30.1 Å². The Morgan fingerprint density at radius 1 is 1.71 bits per heavy atom. The second kappa shape index (κ2) is 4.66. The first-order valence-electron chi connectivity index (χ1n) is 4.07. The van der Waals surface area contributed by atoms with Gasteiger partial charge in [-0.2, -0.15) is 0 Å². The van der Waals surface area contributed by atoms with Crippen LogP contribution in [0.25, 0.3) is 0 Å². The third kappa shape index (κ3) is 2.77. The van der Waals surface area contributed by atoms with Crippen molar-refractivity contribution >= 4 is 23.1 Å². The molecule has 0 radical (unpaired) electrons. The van der Waals surface area contributed by atoms with Crippen molar-refractivity contribution in [2.24, 2.45) is 5.73 Å². The van der Waals surface area contributed by atoms with Gasteiger partial charge < -0.3 is 11.1 Å². The molecule has 1 amide bonds. The van der Waals surface area contributed by atoms with Crippen LogP contribution >= 0.6 is 12.2 Å². The Morgan fingerprint density at radius 3 is 2.86 bits per heavy atom. The van der Waals surface area contributed by atoms with Crippen molar-refractivity contribution in [1.82, 2.24) is 10.3 Å². The summed E-state index contributed by atoms with van der Waals surface area (Å²) in [7, 11) is 0. The number of carbonyl (C=O) groups is 1. The van der Waals surface area contributed by atoms with Gasteiger partial charge in [-0.05, 0) is 11.6 Å². The van der Waals surface area contributed by atoms with E-state index in [1.54, 1.807) is 18.5 Å². The Hall–Kier alpha value is -1.49. The van der Waals surface area contributed by atoms with E-state index in [-0.39, 0.29) is 10.9 Å². The Morgan fingerprint density at radius 2 is 2.43 bits per heavy atom. The molecule has 0 spiro atoms. The quantitative estimate of drug-likeness (QED) is 0.713. The first-order valence-corrected chi connectivity index (χ1v) is 4.48. The van der Waals surface area contributed by atoms with Crippen LogP contribution in [0.4, 0.5) is 0 Å². The van der Waals surface area contributed by atoms with Crippen LogP contribution in [0.2, 0.25) is 0 Å². The van der Waals surface area contributed by atoms with E-state index in [4.69, 9.17) is 18.0 Å². The minimum Gasteiger partial charge on any atom is -0.391 e. The van der Waals surface area contributed by atoms with E-state index < -0.39 is 6.04 Å². The van der Waals surface area contributed by atoms with Crippen molar-refractivity contribution in [1.29, 1.82) is 0 Å². The first-order chi connectivity index (χ1) is 6.61. The molecule has 14 heavy (non-hydrogen) atoms. The molecule has 4 nitrogen and oxygen atoms in total. The van der Waals surface area contributed by atoms with Crippen LogP contribution in [0.3, 0.4) is 0 Å². The fourth-order valence-corrected chi connectivity index (χ4v) is 1.26. The molecular formula is C9H11N3OS. The van der Waals surface area contributed by atoms with Crippen LogP contribution in [0.1, 0.15) is 18.5 Å². The van der Waals surface area contributed by atoms with Gasteiger partial charge in [-0.25, -0.2) is 0 Å². The number of carbonyl (C=O) groups excluding carboxylic acids is 1. The van der Waals surface area contributed by atoms with E-state index in [1.165, 1.54) is 6.92 Å². The number of thiocarbonyl (C=S) groups is 1. The van der Waals surface area contributed by atoms with Crippen LogP contribution in [-0.2, 0) is 4.79 Å². The zero-order chi connectivity index (χ0) is 10.6. The molecule has 5 heteroatoms. The van der Waals surface area contributed by atoms with Crippen molar-refractivity contribution in [2.75, 3.05) is 0 Å². The summed E-state index contributed by atoms with van der Waals surface area (Å²) in [6, 6.07) is 3.14. The van der Waals surface area contributed by atoms with Gasteiger partial charge in [-0.15, -0.1) is 0 Å². The lowest BCUT2D eigenvalue weighted by molar-refractivity contribution is -0.119. The number of rotatable bonds is 3. The Labute approximate surface area is 87.5 Å². The van der Waals surface area contributed by atoms with Gasteiger partial charge in [0.05, 0.1) is 0 Å². The third-order valence-corrected chi connectivity index (χ3v) is 1.89. The Kier molecular flexibility index (Phi) is 3.53.